The van der Waals surface area contributed by atoms with Crippen LogP contribution in [0.4, 0.5) is 0 Å². The normalized spacial score (nSPS) is 11.9. The zero-order chi connectivity index (χ0) is 18.4. The molecule has 2 heterocycles. The second-order valence-corrected chi connectivity index (χ2v) is 5.71. The molecule has 0 aliphatic carbocycles. The lowest BCUT2D eigenvalue weighted by Gasteiger charge is -2.22. The molecule has 0 bridgehead atoms. The van der Waals surface area contributed by atoms with Gasteiger partial charge in [-0.25, -0.2) is 0 Å². The third kappa shape index (κ3) is 4.30. The number of benzene rings is 1. The fraction of sp³-hybridized carbons (Fsp3) is 0.316. The van der Waals surface area contributed by atoms with Crippen LogP contribution in [0.1, 0.15) is 29.3 Å². The lowest BCUT2D eigenvalue weighted by atomic mass is 10.1. The Bertz CT molecular complexity index is 779. The Balaban J connectivity index is 1.76. The molecule has 7 nitrogen and oxygen atoms in total. The SMILES string of the molecule is CCOC(=O)CCN(Cc1cccnc1)C(=O)c1ccc2c(c1)OCO2. The zero-order valence-corrected chi connectivity index (χ0v) is 14.5. The topological polar surface area (TPSA) is 78.0 Å². The molecule has 2 aromatic rings. The molecule has 1 aliphatic heterocycles. The molecule has 7 heteroatoms. The summed E-state index contributed by atoms with van der Waals surface area (Å²) in [5, 5.41) is 0. The number of rotatable bonds is 7. The van der Waals surface area contributed by atoms with Crippen LogP contribution in [0, 0.1) is 0 Å². The molecular formula is C19H20N2O5. The van der Waals surface area contributed by atoms with Crippen molar-refractivity contribution in [3.05, 3.63) is 53.9 Å². The van der Waals surface area contributed by atoms with Crippen molar-refractivity contribution >= 4 is 11.9 Å². The molecule has 1 aromatic carbocycles. The number of esters is 1. The Hall–Kier alpha value is -3.09. The first-order chi connectivity index (χ1) is 12.7. The molecule has 1 aliphatic rings. The summed E-state index contributed by atoms with van der Waals surface area (Å²) in [6.07, 6.45) is 3.50. The number of carbonyl (C=O) groups excluding carboxylic acids is 2. The van der Waals surface area contributed by atoms with Gasteiger partial charge in [-0.2, -0.15) is 0 Å². The van der Waals surface area contributed by atoms with E-state index in [1.807, 2.05) is 12.1 Å². The molecule has 3 rings (SSSR count). The molecule has 0 spiro atoms. The molecule has 0 saturated heterocycles. The van der Waals surface area contributed by atoms with E-state index in [0.29, 0.717) is 30.2 Å². The predicted molar refractivity (Wildman–Crippen MR) is 92.8 cm³/mol. The molecule has 0 radical (unpaired) electrons. The van der Waals surface area contributed by atoms with E-state index >= 15 is 0 Å². The Morgan fingerprint density at radius 2 is 2.08 bits per heavy atom. The second-order valence-electron chi connectivity index (χ2n) is 5.71. The number of hydrogen-bond acceptors (Lipinski definition) is 6. The highest BCUT2D eigenvalue weighted by molar-refractivity contribution is 5.95. The van der Waals surface area contributed by atoms with Crippen LogP contribution < -0.4 is 9.47 Å². The van der Waals surface area contributed by atoms with Crippen molar-refractivity contribution in [1.82, 2.24) is 9.88 Å². The molecule has 136 valence electrons. The highest BCUT2D eigenvalue weighted by atomic mass is 16.7. The van der Waals surface area contributed by atoms with E-state index in [1.54, 1.807) is 42.4 Å². The summed E-state index contributed by atoms with van der Waals surface area (Å²) < 4.78 is 15.6. The lowest BCUT2D eigenvalue weighted by molar-refractivity contribution is -0.143. The predicted octanol–water partition coefficient (Wildman–Crippen LogP) is 2.41. The summed E-state index contributed by atoms with van der Waals surface area (Å²) in [6, 6.07) is 8.76. The molecule has 0 fully saturated rings. The van der Waals surface area contributed by atoms with Gasteiger partial charge in [-0.3, -0.25) is 14.6 Å². The van der Waals surface area contributed by atoms with Crippen molar-refractivity contribution in [2.75, 3.05) is 19.9 Å². The van der Waals surface area contributed by atoms with Gasteiger partial charge in [-0.15, -0.1) is 0 Å². The highest BCUT2D eigenvalue weighted by Gasteiger charge is 2.21. The summed E-state index contributed by atoms with van der Waals surface area (Å²) in [4.78, 5) is 30.4. The number of nitrogens with zero attached hydrogens (tertiary/aromatic N) is 2. The molecule has 1 amide bonds. The quantitative estimate of drug-likeness (QED) is 0.709. The number of amides is 1. The first-order valence-corrected chi connectivity index (χ1v) is 8.41. The molecule has 26 heavy (non-hydrogen) atoms. The number of aromatic nitrogens is 1. The molecule has 0 N–H and O–H groups in total. The minimum absolute atomic E-state index is 0.129. The summed E-state index contributed by atoms with van der Waals surface area (Å²) in [5.41, 5.74) is 1.35. The van der Waals surface area contributed by atoms with Crippen LogP contribution in [0.3, 0.4) is 0 Å². The van der Waals surface area contributed by atoms with E-state index < -0.39 is 0 Å². The van der Waals surface area contributed by atoms with E-state index in [-0.39, 0.29) is 31.6 Å². The number of hydrogen-bond donors (Lipinski definition) is 0. The van der Waals surface area contributed by atoms with Crippen molar-refractivity contribution < 1.29 is 23.8 Å². The maximum absolute atomic E-state index is 13.0. The van der Waals surface area contributed by atoms with Crippen LogP contribution in [0.2, 0.25) is 0 Å². The van der Waals surface area contributed by atoms with Crippen molar-refractivity contribution in [3.8, 4) is 11.5 Å². The number of carbonyl (C=O) groups is 2. The Morgan fingerprint density at radius 1 is 1.23 bits per heavy atom. The highest BCUT2D eigenvalue weighted by Crippen LogP contribution is 2.32. The van der Waals surface area contributed by atoms with Gasteiger partial charge in [0.05, 0.1) is 13.0 Å². The molecule has 0 saturated carbocycles. The fourth-order valence-electron chi connectivity index (χ4n) is 2.64. The van der Waals surface area contributed by atoms with Crippen molar-refractivity contribution in [1.29, 1.82) is 0 Å². The standard InChI is InChI=1S/C19H20N2O5/c1-2-24-18(22)7-9-21(12-14-4-3-8-20-11-14)19(23)15-5-6-16-17(10-15)26-13-25-16/h3-6,8,10-11H,2,7,9,12-13H2,1H3. The van der Waals surface area contributed by atoms with Gasteiger partial charge in [0.15, 0.2) is 11.5 Å². The van der Waals surface area contributed by atoms with Gasteiger partial charge in [0.1, 0.15) is 0 Å². The summed E-state index contributed by atoms with van der Waals surface area (Å²) in [6.45, 7) is 2.82. The van der Waals surface area contributed by atoms with Crippen molar-refractivity contribution in [3.63, 3.8) is 0 Å². The monoisotopic (exact) mass is 356 g/mol. The first kappa shape index (κ1) is 17.7. The van der Waals surface area contributed by atoms with Crippen LogP contribution in [0.5, 0.6) is 11.5 Å². The maximum Gasteiger partial charge on any atom is 0.307 e. The van der Waals surface area contributed by atoms with E-state index in [2.05, 4.69) is 4.98 Å². The third-order valence-electron chi connectivity index (χ3n) is 3.89. The maximum atomic E-state index is 13.0. The number of fused-ring (bicyclic) bond motifs is 1. The van der Waals surface area contributed by atoms with Crippen molar-refractivity contribution in [2.24, 2.45) is 0 Å². The Labute approximate surface area is 151 Å². The van der Waals surface area contributed by atoms with Crippen LogP contribution in [0.25, 0.3) is 0 Å². The van der Waals surface area contributed by atoms with E-state index in [1.165, 1.54) is 0 Å². The van der Waals surface area contributed by atoms with Gasteiger partial charge in [0.2, 0.25) is 6.79 Å². The third-order valence-corrected chi connectivity index (χ3v) is 3.89. The first-order valence-electron chi connectivity index (χ1n) is 8.41. The van der Waals surface area contributed by atoms with E-state index in [9.17, 15) is 9.59 Å². The average Bonchev–Trinajstić information content (AvgIpc) is 3.13. The number of pyridine rings is 1. The van der Waals surface area contributed by atoms with E-state index in [4.69, 9.17) is 14.2 Å². The minimum atomic E-state index is -0.331. The fourth-order valence-corrected chi connectivity index (χ4v) is 2.64. The van der Waals surface area contributed by atoms with Gasteiger partial charge in [-0.05, 0) is 36.8 Å². The zero-order valence-electron chi connectivity index (χ0n) is 14.5. The van der Waals surface area contributed by atoms with Crippen LogP contribution in [-0.4, -0.2) is 41.7 Å². The summed E-state index contributed by atoms with van der Waals surface area (Å²) >= 11 is 0. The van der Waals surface area contributed by atoms with Crippen LogP contribution >= 0.6 is 0 Å². The van der Waals surface area contributed by atoms with Gasteiger partial charge >= 0.3 is 5.97 Å². The van der Waals surface area contributed by atoms with Crippen LogP contribution in [0.15, 0.2) is 42.7 Å². The van der Waals surface area contributed by atoms with Crippen molar-refractivity contribution in [2.45, 2.75) is 19.9 Å². The Kier molecular flexibility index (Phi) is 5.68. The van der Waals surface area contributed by atoms with Gasteiger partial charge in [0, 0.05) is 31.0 Å². The largest absolute Gasteiger partial charge is 0.466 e. The summed E-state index contributed by atoms with van der Waals surface area (Å²) in [7, 11) is 0. The minimum Gasteiger partial charge on any atom is -0.466 e. The smallest absolute Gasteiger partial charge is 0.307 e. The van der Waals surface area contributed by atoms with Gasteiger partial charge < -0.3 is 19.1 Å². The lowest BCUT2D eigenvalue weighted by Crippen LogP contribution is -2.33. The average molecular weight is 356 g/mol. The van der Waals surface area contributed by atoms with Crippen LogP contribution in [-0.2, 0) is 16.1 Å². The summed E-state index contributed by atoms with van der Waals surface area (Å²) in [5.74, 6) is 0.632. The van der Waals surface area contributed by atoms with E-state index in [0.717, 1.165) is 5.56 Å². The molecule has 1 aromatic heterocycles. The van der Waals surface area contributed by atoms with Gasteiger partial charge in [-0.1, -0.05) is 6.07 Å². The second kappa shape index (κ2) is 8.33. The molecule has 0 unspecified atom stereocenters. The Morgan fingerprint density at radius 3 is 2.85 bits per heavy atom. The number of ether oxygens (including phenoxy) is 3. The molecular weight excluding hydrogens is 336 g/mol. The van der Waals surface area contributed by atoms with Gasteiger partial charge in [0.25, 0.3) is 5.91 Å². The molecule has 0 atom stereocenters.